The Labute approximate surface area is 123 Å². The molecular weight excluding hydrogens is 296 g/mol. The van der Waals surface area contributed by atoms with E-state index in [-0.39, 0.29) is 11.9 Å². The Morgan fingerprint density at radius 1 is 1.45 bits per heavy atom. The number of carbonyl (C=O) groups is 1. The third-order valence-electron chi connectivity index (χ3n) is 3.12. The molecule has 5 nitrogen and oxygen atoms in total. The first-order valence-corrected chi connectivity index (χ1v) is 9.19. The number of hydrogen-bond acceptors (Lipinski definition) is 4. The molecule has 0 aliphatic carbocycles. The van der Waals surface area contributed by atoms with E-state index in [0.29, 0.717) is 25.9 Å². The quantitative estimate of drug-likeness (QED) is 0.852. The van der Waals surface area contributed by atoms with Gasteiger partial charge in [-0.3, -0.25) is 4.79 Å². The average molecular weight is 314 g/mol. The second-order valence-corrected chi connectivity index (χ2v) is 7.60. The van der Waals surface area contributed by atoms with Gasteiger partial charge in [0.2, 0.25) is 15.9 Å². The van der Waals surface area contributed by atoms with Crippen molar-refractivity contribution in [3.05, 3.63) is 28.5 Å². The van der Waals surface area contributed by atoms with E-state index in [0.717, 1.165) is 11.1 Å². The molecule has 0 unspecified atom stereocenters. The van der Waals surface area contributed by atoms with Crippen LogP contribution in [-0.4, -0.2) is 44.6 Å². The monoisotopic (exact) mass is 314 g/mol. The Kier molecular flexibility index (Phi) is 4.95. The predicted octanol–water partition coefficient (Wildman–Crippen LogP) is 1.30. The van der Waals surface area contributed by atoms with Crippen LogP contribution in [0.25, 0.3) is 6.08 Å². The summed E-state index contributed by atoms with van der Waals surface area (Å²) < 4.78 is 24.9. The number of nitrogens with one attached hydrogen (secondary N) is 1. The third kappa shape index (κ3) is 4.73. The number of piperidine rings is 1. The minimum absolute atomic E-state index is 0.0174. The third-order valence-corrected chi connectivity index (χ3v) is 4.72. The van der Waals surface area contributed by atoms with Crippen molar-refractivity contribution in [1.29, 1.82) is 0 Å². The van der Waals surface area contributed by atoms with E-state index in [4.69, 9.17) is 0 Å². The van der Waals surface area contributed by atoms with E-state index in [1.54, 1.807) is 22.3 Å². The van der Waals surface area contributed by atoms with Gasteiger partial charge in [0.1, 0.15) is 0 Å². The van der Waals surface area contributed by atoms with Crippen LogP contribution in [0.1, 0.15) is 17.7 Å². The zero-order valence-corrected chi connectivity index (χ0v) is 12.9. The lowest BCUT2D eigenvalue weighted by Crippen LogP contribution is -2.45. The maximum atomic E-state index is 12.0. The van der Waals surface area contributed by atoms with Gasteiger partial charge in [-0.15, -0.1) is 11.3 Å². The van der Waals surface area contributed by atoms with Crippen molar-refractivity contribution in [1.82, 2.24) is 9.62 Å². The van der Waals surface area contributed by atoms with Gasteiger partial charge in [-0.25, -0.2) is 13.1 Å². The molecule has 110 valence electrons. The number of sulfonamides is 1. The molecule has 0 saturated carbocycles. The summed E-state index contributed by atoms with van der Waals surface area (Å²) in [5.41, 5.74) is 0. The molecule has 0 atom stereocenters. The van der Waals surface area contributed by atoms with Crippen LogP contribution in [0.2, 0.25) is 0 Å². The van der Waals surface area contributed by atoms with Gasteiger partial charge in [0, 0.05) is 30.1 Å². The van der Waals surface area contributed by atoms with Gasteiger partial charge in [0.05, 0.1) is 6.26 Å². The number of thiophene rings is 1. The molecule has 1 N–H and O–H groups in total. The van der Waals surface area contributed by atoms with Gasteiger partial charge < -0.3 is 4.90 Å². The second kappa shape index (κ2) is 6.51. The minimum atomic E-state index is -3.17. The Balaban J connectivity index is 1.83. The Bertz CT molecular complexity index is 571. The van der Waals surface area contributed by atoms with Gasteiger partial charge in [-0.05, 0) is 30.4 Å². The maximum Gasteiger partial charge on any atom is 0.246 e. The van der Waals surface area contributed by atoms with Crippen molar-refractivity contribution in [2.75, 3.05) is 19.3 Å². The number of amides is 1. The molecule has 1 aliphatic heterocycles. The fourth-order valence-corrected chi connectivity index (χ4v) is 3.62. The molecule has 2 rings (SSSR count). The molecule has 20 heavy (non-hydrogen) atoms. The van der Waals surface area contributed by atoms with Crippen LogP contribution >= 0.6 is 11.3 Å². The van der Waals surface area contributed by atoms with Gasteiger partial charge in [-0.2, -0.15) is 0 Å². The topological polar surface area (TPSA) is 66.5 Å². The summed E-state index contributed by atoms with van der Waals surface area (Å²) in [5.74, 6) is -0.0174. The highest BCUT2D eigenvalue weighted by Crippen LogP contribution is 2.14. The molecule has 0 radical (unpaired) electrons. The molecule has 7 heteroatoms. The highest BCUT2D eigenvalue weighted by atomic mass is 32.2. The van der Waals surface area contributed by atoms with Crippen LogP contribution in [0.5, 0.6) is 0 Å². The van der Waals surface area contributed by atoms with Crippen molar-refractivity contribution in [2.24, 2.45) is 0 Å². The fourth-order valence-electron chi connectivity index (χ4n) is 2.17. The molecule has 1 saturated heterocycles. The second-order valence-electron chi connectivity index (χ2n) is 4.84. The van der Waals surface area contributed by atoms with Crippen molar-refractivity contribution in [2.45, 2.75) is 18.9 Å². The SMILES string of the molecule is CS(=O)(=O)NC1CCN(C(=O)/C=C/c2cccs2)CC1. The molecule has 1 aliphatic rings. The summed E-state index contributed by atoms with van der Waals surface area (Å²) in [6.07, 6.45) is 5.87. The molecule has 0 aromatic carbocycles. The van der Waals surface area contributed by atoms with Gasteiger partial charge in [0.25, 0.3) is 0 Å². The lowest BCUT2D eigenvalue weighted by atomic mass is 10.1. The first kappa shape index (κ1) is 15.2. The molecule has 1 aromatic rings. The standard InChI is InChI=1S/C13H18N2O3S2/c1-20(17,18)14-11-6-8-15(9-7-11)13(16)5-4-12-3-2-10-19-12/h2-5,10-11,14H,6-9H2,1H3/b5-4+. The first-order chi connectivity index (χ1) is 9.44. The normalized spacial score (nSPS) is 17.8. The predicted molar refractivity (Wildman–Crippen MR) is 80.9 cm³/mol. The van der Waals surface area contributed by atoms with E-state index >= 15 is 0 Å². The van der Waals surface area contributed by atoms with Crippen molar-refractivity contribution >= 4 is 33.3 Å². The summed E-state index contributed by atoms with van der Waals surface area (Å²) in [6, 6.07) is 3.84. The van der Waals surface area contributed by atoms with Crippen molar-refractivity contribution in [3.63, 3.8) is 0 Å². The number of rotatable bonds is 4. The molecular formula is C13H18N2O3S2. The lowest BCUT2D eigenvalue weighted by molar-refractivity contribution is -0.126. The van der Waals surface area contributed by atoms with Crippen LogP contribution < -0.4 is 4.72 Å². The summed E-state index contributed by atoms with van der Waals surface area (Å²) in [5, 5.41) is 1.96. The van der Waals surface area contributed by atoms with Crippen LogP contribution in [0.4, 0.5) is 0 Å². The zero-order chi connectivity index (χ0) is 14.6. The summed E-state index contributed by atoms with van der Waals surface area (Å²) in [6.45, 7) is 1.17. The maximum absolute atomic E-state index is 12.0. The van der Waals surface area contributed by atoms with E-state index in [9.17, 15) is 13.2 Å². The summed E-state index contributed by atoms with van der Waals surface area (Å²) >= 11 is 1.58. The van der Waals surface area contributed by atoms with Crippen molar-refractivity contribution < 1.29 is 13.2 Å². The van der Waals surface area contributed by atoms with Gasteiger partial charge in [0.15, 0.2) is 0 Å². The van der Waals surface area contributed by atoms with Gasteiger partial charge in [-0.1, -0.05) is 6.07 Å². The first-order valence-electron chi connectivity index (χ1n) is 6.42. The lowest BCUT2D eigenvalue weighted by Gasteiger charge is -2.31. The highest BCUT2D eigenvalue weighted by molar-refractivity contribution is 7.88. The van der Waals surface area contributed by atoms with Crippen LogP contribution in [0.15, 0.2) is 23.6 Å². The smallest absolute Gasteiger partial charge is 0.246 e. The summed E-state index contributed by atoms with van der Waals surface area (Å²) in [7, 11) is -3.17. The van der Waals surface area contributed by atoms with Crippen LogP contribution in [-0.2, 0) is 14.8 Å². The molecule has 1 aromatic heterocycles. The zero-order valence-electron chi connectivity index (χ0n) is 11.3. The van der Waals surface area contributed by atoms with E-state index < -0.39 is 10.0 Å². The number of carbonyl (C=O) groups excluding carboxylic acids is 1. The molecule has 2 heterocycles. The Morgan fingerprint density at radius 3 is 2.70 bits per heavy atom. The van der Waals surface area contributed by atoms with E-state index in [2.05, 4.69) is 4.72 Å². The highest BCUT2D eigenvalue weighted by Gasteiger charge is 2.23. The number of nitrogens with zero attached hydrogens (tertiary/aromatic N) is 1. The Hall–Kier alpha value is -1.18. The average Bonchev–Trinajstić information content (AvgIpc) is 2.88. The molecule has 0 spiro atoms. The van der Waals surface area contributed by atoms with E-state index in [1.165, 1.54) is 0 Å². The van der Waals surface area contributed by atoms with Crippen LogP contribution in [0, 0.1) is 0 Å². The number of likely N-dealkylation sites (tertiary alicyclic amines) is 1. The van der Waals surface area contributed by atoms with Crippen LogP contribution in [0.3, 0.4) is 0 Å². The molecule has 1 fully saturated rings. The van der Waals surface area contributed by atoms with E-state index in [1.807, 2.05) is 23.6 Å². The molecule has 0 bridgehead atoms. The number of hydrogen-bond donors (Lipinski definition) is 1. The van der Waals surface area contributed by atoms with Gasteiger partial charge >= 0.3 is 0 Å². The Morgan fingerprint density at radius 2 is 2.15 bits per heavy atom. The molecule has 1 amide bonds. The largest absolute Gasteiger partial charge is 0.339 e. The van der Waals surface area contributed by atoms with Crippen molar-refractivity contribution in [3.8, 4) is 0 Å². The fraction of sp³-hybridized carbons (Fsp3) is 0.462. The minimum Gasteiger partial charge on any atom is -0.339 e. The summed E-state index contributed by atoms with van der Waals surface area (Å²) in [4.78, 5) is 14.8.